The molecule has 1 saturated heterocycles. The highest BCUT2D eigenvalue weighted by Crippen LogP contribution is 2.31. The summed E-state index contributed by atoms with van der Waals surface area (Å²) in [5.74, 6) is 1.09. The lowest BCUT2D eigenvalue weighted by molar-refractivity contribution is -0.137. The molecule has 0 bridgehead atoms. The van der Waals surface area contributed by atoms with E-state index in [2.05, 4.69) is 30.9 Å². The predicted octanol–water partition coefficient (Wildman–Crippen LogP) is 3.49. The Balaban J connectivity index is 1.62. The summed E-state index contributed by atoms with van der Waals surface area (Å²) in [7, 11) is 0. The van der Waals surface area contributed by atoms with Crippen molar-refractivity contribution < 1.29 is 13.2 Å². The van der Waals surface area contributed by atoms with E-state index in [4.69, 9.17) is 0 Å². The number of alkyl halides is 3. The highest BCUT2D eigenvalue weighted by Gasteiger charge is 2.30. The van der Waals surface area contributed by atoms with Gasteiger partial charge in [0.25, 0.3) is 5.56 Å². The van der Waals surface area contributed by atoms with Gasteiger partial charge in [0, 0.05) is 18.4 Å². The van der Waals surface area contributed by atoms with Gasteiger partial charge in [0.15, 0.2) is 0 Å². The monoisotopic (exact) mass is 418 g/mol. The van der Waals surface area contributed by atoms with E-state index < -0.39 is 11.7 Å². The summed E-state index contributed by atoms with van der Waals surface area (Å²) in [6.07, 6.45) is -0.813. The molecule has 1 aliphatic rings. The van der Waals surface area contributed by atoms with Crippen LogP contribution < -0.4 is 21.5 Å². The Bertz CT molecular complexity index is 1070. The predicted molar refractivity (Wildman–Crippen MR) is 109 cm³/mol. The van der Waals surface area contributed by atoms with Gasteiger partial charge in [-0.15, -0.1) is 0 Å². The number of hydrogen-bond donors (Lipinski definition) is 4. The first-order valence-electron chi connectivity index (χ1n) is 9.68. The van der Waals surface area contributed by atoms with Crippen LogP contribution in [0.15, 0.2) is 41.3 Å². The van der Waals surface area contributed by atoms with Crippen molar-refractivity contribution in [2.45, 2.75) is 19.0 Å². The Morgan fingerprint density at radius 2 is 1.80 bits per heavy atom. The van der Waals surface area contributed by atoms with Crippen LogP contribution in [0.4, 0.5) is 30.6 Å². The molecule has 10 heteroatoms. The average molecular weight is 418 g/mol. The van der Waals surface area contributed by atoms with Gasteiger partial charge >= 0.3 is 6.18 Å². The third kappa shape index (κ3) is 4.54. The third-order valence-corrected chi connectivity index (χ3v) is 5.10. The number of nitrogens with zero attached hydrogens (tertiary/aromatic N) is 2. The quantitative estimate of drug-likeness (QED) is 0.507. The second-order valence-electron chi connectivity index (χ2n) is 7.24. The zero-order chi connectivity index (χ0) is 21.1. The SMILES string of the molecule is O=c1[nH]ccc2nc(NCC3CCNCC3)nc(Nc3ccc(C(F)(F)F)cc3)c12. The topological polar surface area (TPSA) is 94.7 Å². The molecule has 2 aromatic heterocycles. The molecule has 4 N–H and O–H groups in total. The van der Waals surface area contributed by atoms with Crippen molar-refractivity contribution in [3.05, 3.63) is 52.4 Å². The van der Waals surface area contributed by atoms with E-state index in [0.29, 0.717) is 29.6 Å². The van der Waals surface area contributed by atoms with E-state index in [-0.39, 0.29) is 16.8 Å². The second kappa shape index (κ2) is 8.31. The number of rotatable bonds is 5. The Morgan fingerprint density at radius 3 is 2.50 bits per heavy atom. The lowest BCUT2D eigenvalue weighted by Crippen LogP contribution is -2.31. The molecule has 3 aromatic rings. The number of anilines is 3. The van der Waals surface area contributed by atoms with Gasteiger partial charge in [-0.05, 0) is 62.2 Å². The van der Waals surface area contributed by atoms with Gasteiger partial charge in [0.2, 0.25) is 5.95 Å². The first-order valence-corrected chi connectivity index (χ1v) is 9.68. The molecule has 1 fully saturated rings. The van der Waals surface area contributed by atoms with Crippen molar-refractivity contribution in [1.29, 1.82) is 0 Å². The van der Waals surface area contributed by atoms with Crippen molar-refractivity contribution in [1.82, 2.24) is 20.3 Å². The molecule has 0 amide bonds. The first kappa shape index (κ1) is 20.1. The summed E-state index contributed by atoms with van der Waals surface area (Å²) >= 11 is 0. The number of halogens is 3. The number of benzene rings is 1. The summed E-state index contributed by atoms with van der Waals surface area (Å²) in [5.41, 5.74) is -0.305. The molecular formula is C20H21F3N6O. The lowest BCUT2D eigenvalue weighted by atomic mass is 9.98. The molecule has 0 unspecified atom stereocenters. The molecular weight excluding hydrogens is 397 g/mol. The minimum Gasteiger partial charge on any atom is -0.354 e. The third-order valence-electron chi connectivity index (χ3n) is 5.10. The Kier molecular flexibility index (Phi) is 5.58. The highest BCUT2D eigenvalue weighted by molar-refractivity contribution is 5.90. The number of aromatic nitrogens is 3. The number of H-pyrrole nitrogens is 1. The maximum Gasteiger partial charge on any atom is 0.416 e. The Hall–Kier alpha value is -3.14. The summed E-state index contributed by atoms with van der Waals surface area (Å²) < 4.78 is 38.4. The second-order valence-corrected chi connectivity index (χ2v) is 7.24. The molecule has 0 atom stereocenters. The minimum atomic E-state index is -4.41. The van der Waals surface area contributed by atoms with Crippen molar-refractivity contribution in [2.75, 3.05) is 30.3 Å². The van der Waals surface area contributed by atoms with E-state index in [9.17, 15) is 18.0 Å². The van der Waals surface area contributed by atoms with Crippen LogP contribution in [0.5, 0.6) is 0 Å². The van der Waals surface area contributed by atoms with Crippen LogP contribution in [0.3, 0.4) is 0 Å². The zero-order valence-electron chi connectivity index (χ0n) is 16.0. The fourth-order valence-corrected chi connectivity index (χ4v) is 3.46. The Labute approximate surface area is 170 Å². The van der Waals surface area contributed by atoms with Crippen LogP contribution in [-0.4, -0.2) is 34.6 Å². The maximum atomic E-state index is 12.8. The molecule has 0 aliphatic carbocycles. The summed E-state index contributed by atoms with van der Waals surface area (Å²) in [6.45, 7) is 2.65. The number of nitrogens with one attached hydrogen (secondary N) is 4. The van der Waals surface area contributed by atoms with E-state index in [1.165, 1.54) is 18.3 Å². The van der Waals surface area contributed by atoms with Gasteiger partial charge in [-0.25, -0.2) is 4.98 Å². The van der Waals surface area contributed by atoms with Gasteiger partial charge in [0.1, 0.15) is 11.2 Å². The molecule has 3 heterocycles. The number of pyridine rings is 1. The van der Waals surface area contributed by atoms with Crippen LogP contribution in [0, 0.1) is 5.92 Å². The molecule has 0 spiro atoms. The van der Waals surface area contributed by atoms with E-state index in [0.717, 1.165) is 38.1 Å². The maximum absolute atomic E-state index is 12.8. The number of piperidine rings is 1. The summed E-state index contributed by atoms with van der Waals surface area (Å²) in [4.78, 5) is 23.8. The van der Waals surface area contributed by atoms with Crippen molar-refractivity contribution in [3.8, 4) is 0 Å². The zero-order valence-corrected chi connectivity index (χ0v) is 16.0. The molecule has 30 heavy (non-hydrogen) atoms. The average Bonchev–Trinajstić information content (AvgIpc) is 2.73. The fourth-order valence-electron chi connectivity index (χ4n) is 3.46. The molecule has 158 valence electrons. The number of hydrogen-bond acceptors (Lipinski definition) is 6. The molecule has 1 aliphatic heterocycles. The first-order chi connectivity index (χ1) is 14.4. The van der Waals surface area contributed by atoms with Crippen LogP contribution >= 0.6 is 0 Å². The van der Waals surface area contributed by atoms with Gasteiger partial charge in [-0.2, -0.15) is 18.2 Å². The molecule has 0 saturated carbocycles. The molecule has 7 nitrogen and oxygen atoms in total. The minimum absolute atomic E-state index is 0.231. The van der Waals surface area contributed by atoms with Crippen LogP contribution in [0.2, 0.25) is 0 Å². The van der Waals surface area contributed by atoms with E-state index >= 15 is 0 Å². The van der Waals surface area contributed by atoms with Crippen LogP contribution in [-0.2, 0) is 6.18 Å². The van der Waals surface area contributed by atoms with Gasteiger partial charge in [-0.3, -0.25) is 4.79 Å². The van der Waals surface area contributed by atoms with E-state index in [1.54, 1.807) is 6.07 Å². The molecule has 4 rings (SSSR count). The standard InChI is InChI=1S/C20H21F3N6O/c21-20(22,23)13-1-3-14(4-2-13)27-17-16-15(7-10-25-18(16)30)28-19(29-17)26-11-12-5-8-24-9-6-12/h1-4,7,10,12,24H,5-6,8-9,11H2,(H,25,30)(H2,26,27,28,29). The smallest absolute Gasteiger partial charge is 0.354 e. The van der Waals surface area contributed by atoms with Gasteiger partial charge < -0.3 is 20.9 Å². The summed E-state index contributed by atoms with van der Waals surface area (Å²) in [5, 5.41) is 9.74. The molecule has 0 radical (unpaired) electrons. The normalized spacial score (nSPS) is 15.3. The number of fused-ring (bicyclic) bond motifs is 1. The van der Waals surface area contributed by atoms with Gasteiger partial charge in [-0.1, -0.05) is 0 Å². The highest BCUT2D eigenvalue weighted by atomic mass is 19.4. The van der Waals surface area contributed by atoms with Crippen molar-refractivity contribution in [2.24, 2.45) is 5.92 Å². The summed E-state index contributed by atoms with van der Waals surface area (Å²) in [6, 6.07) is 6.22. The largest absolute Gasteiger partial charge is 0.416 e. The fraction of sp³-hybridized carbons (Fsp3) is 0.350. The Morgan fingerprint density at radius 1 is 1.07 bits per heavy atom. The van der Waals surface area contributed by atoms with Crippen molar-refractivity contribution >= 4 is 28.4 Å². The van der Waals surface area contributed by atoms with Gasteiger partial charge in [0.05, 0.1) is 11.1 Å². The lowest BCUT2D eigenvalue weighted by Gasteiger charge is -2.22. The molecule has 1 aromatic carbocycles. The van der Waals surface area contributed by atoms with Crippen LogP contribution in [0.25, 0.3) is 10.9 Å². The number of aromatic amines is 1. The van der Waals surface area contributed by atoms with E-state index in [1.807, 2.05) is 0 Å². The van der Waals surface area contributed by atoms with Crippen LogP contribution in [0.1, 0.15) is 18.4 Å². The van der Waals surface area contributed by atoms with Crippen molar-refractivity contribution in [3.63, 3.8) is 0 Å².